The molecule has 24 heavy (non-hydrogen) atoms. The van der Waals surface area contributed by atoms with Gasteiger partial charge in [0.1, 0.15) is 0 Å². The van der Waals surface area contributed by atoms with E-state index < -0.39 is 0 Å². The minimum atomic E-state index is 0.568. The van der Waals surface area contributed by atoms with E-state index in [4.69, 9.17) is 4.74 Å². The monoisotopic (exact) mass is 326 g/mol. The highest BCUT2D eigenvalue weighted by Gasteiger charge is 2.17. The third kappa shape index (κ3) is 4.45. The Balaban J connectivity index is 1.54. The molecule has 0 aliphatic carbocycles. The molecular formula is C19H26N4O. The Morgan fingerprint density at radius 3 is 2.71 bits per heavy atom. The van der Waals surface area contributed by atoms with Crippen LogP contribution in [0, 0.1) is 0 Å². The summed E-state index contributed by atoms with van der Waals surface area (Å²) >= 11 is 0. The number of likely N-dealkylation sites (tertiary alicyclic amines) is 1. The van der Waals surface area contributed by atoms with Crippen LogP contribution in [-0.4, -0.2) is 34.6 Å². The molecular weight excluding hydrogens is 300 g/mol. The van der Waals surface area contributed by atoms with Gasteiger partial charge in [0, 0.05) is 31.4 Å². The lowest BCUT2D eigenvalue weighted by atomic mass is 10.0. The van der Waals surface area contributed by atoms with Gasteiger partial charge < -0.3 is 10.1 Å². The third-order valence-corrected chi connectivity index (χ3v) is 4.64. The standard InChI is InChI=1S/C19H26N4O/c1-15-5-3-4-12-23(15)14-17-8-6-16(7-9-17)13-21-19-20-11-10-18(22-19)24-2/h6-11,15H,3-5,12-14H2,1-2H3,(H,20,21,22). The normalized spacial score (nSPS) is 18.3. The molecule has 1 saturated heterocycles. The number of anilines is 1. The molecule has 1 aliphatic rings. The summed E-state index contributed by atoms with van der Waals surface area (Å²) in [7, 11) is 1.61. The van der Waals surface area contributed by atoms with Crippen molar-refractivity contribution < 1.29 is 4.74 Å². The zero-order valence-corrected chi connectivity index (χ0v) is 14.5. The molecule has 0 bridgehead atoms. The van der Waals surface area contributed by atoms with Gasteiger partial charge >= 0.3 is 0 Å². The first-order valence-electron chi connectivity index (χ1n) is 8.67. The number of benzene rings is 1. The molecule has 0 spiro atoms. The van der Waals surface area contributed by atoms with Crippen LogP contribution in [0.4, 0.5) is 5.95 Å². The molecule has 3 rings (SSSR count). The average molecular weight is 326 g/mol. The summed E-state index contributed by atoms with van der Waals surface area (Å²) in [6.07, 6.45) is 5.71. The van der Waals surface area contributed by atoms with Crippen LogP contribution in [0.15, 0.2) is 36.5 Å². The highest BCUT2D eigenvalue weighted by molar-refractivity contribution is 5.31. The SMILES string of the molecule is COc1ccnc(NCc2ccc(CN3CCCCC3C)cc2)n1. The predicted octanol–water partition coefficient (Wildman–Crippen LogP) is 3.47. The molecule has 1 unspecified atom stereocenters. The van der Waals surface area contributed by atoms with Crippen molar-refractivity contribution in [2.45, 2.75) is 45.3 Å². The minimum Gasteiger partial charge on any atom is -0.481 e. The highest BCUT2D eigenvalue weighted by Crippen LogP contribution is 2.19. The molecule has 1 N–H and O–H groups in total. The van der Waals surface area contributed by atoms with Gasteiger partial charge in [-0.3, -0.25) is 4.90 Å². The van der Waals surface area contributed by atoms with Gasteiger partial charge in [-0.05, 0) is 37.4 Å². The molecule has 5 heteroatoms. The van der Waals surface area contributed by atoms with E-state index in [1.165, 1.54) is 36.9 Å². The summed E-state index contributed by atoms with van der Waals surface area (Å²) in [4.78, 5) is 11.0. The number of ether oxygens (including phenoxy) is 1. The summed E-state index contributed by atoms with van der Waals surface area (Å²) in [6, 6.07) is 11.2. The second-order valence-corrected chi connectivity index (χ2v) is 6.41. The molecule has 1 aliphatic heterocycles. The van der Waals surface area contributed by atoms with Crippen LogP contribution < -0.4 is 10.1 Å². The van der Waals surface area contributed by atoms with Crippen LogP contribution in [0.1, 0.15) is 37.3 Å². The van der Waals surface area contributed by atoms with E-state index in [0.717, 1.165) is 6.54 Å². The summed E-state index contributed by atoms with van der Waals surface area (Å²) in [5.41, 5.74) is 2.60. The van der Waals surface area contributed by atoms with Crippen LogP contribution in [0.2, 0.25) is 0 Å². The molecule has 0 radical (unpaired) electrons. The first-order valence-corrected chi connectivity index (χ1v) is 8.67. The average Bonchev–Trinajstić information content (AvgIpc) is 2.63. The molecule has 1 aromatic heterocycles. The van der Waals surface area contributed by atoms with E-state index in [2.05, 4.69) is 51.4 Å². The third-order valence-electron chi connectivity index (χ3n) is 4.64. The minimum absolute atomic E-state index is 0.568. The van der Waals surface area contributed by atoms with Crippen LogP contribution in [-0.2, 0) is 13.1 Å². The van der Waals surface area contributed by atoms with Crippen molar-refractivity contribution in [3.63, 3.8) is 0 Å². The Bertz CT molecular complexity index is 644. The Labute approximate surface area is 144 Å². The maximum atomic E-state index is 5.11. The quantitative estimate of drug-likeness (QED) is 0.881. The topological polar surface area (TPSA) is 50.3 Å². The van der Waals surface area contributed by atoms with Crippen LogP contribution in [0.3, 0.4) is 0 Å². The molecule has 5 nitrogen and oxygen atoms in total. The zero-order chi connectivity index (χ0) is 16.8. The number of aromatic nitrogens is 2. The van der Waals surface area contributed by atoms with E-state index in [1.54, 1.807) is 19.4 Å². The van der Waals surface area contributed by atoms with E-state index in [-0.39, 0.29) is 0 Å². The van der Waals surface area contributed by atoms with Gasteiger partial charge in [0.15, 0.2) is 0 Å². The zero-order valence-electron chi connectivity index (χ0n) is 14.5. The number of piperidine rings is 1. The maximum absolute atomic E-state index is 5.11. The van der Waals surface area contributed by atoms with Gasteiger partial charge in [-0.2, -0.15) is 4.98 Å². The fourth-order valence-corrected chi connectivity index (χ4v) is 3.11. The van der Waals surface area contributed by atoms with Gasteiger partial charge in [0.05, 0.1) is 7.11 Å². The Morgan fingerprint density at radius 1 is 1.17 bits per heavy atom. The summed E-state index contributed by atoms with van der Waals surface area (Å²) < 4.78 is 5.11. The van der Waals surface area contributed by atoms with Crippen molar-refractivity contribution in [2.24, 2.45) is 0 Å². The van der Waals surface area contributed by atoms with Crippen LogP contribution in [0.5, 0.6) is 5.88 Å². The van der Waals surface area contributed by atoms with Crippen LogP contribution in [0.25, 0.3) is 0 Å². The first-order chi connectivity index (χ1) is 11.7. The largest absolute Gasteiger partial charge is 0.481 e. The molecule has 2 heterocycles. The predicted molar refractivity (Wildman–Crippen MR) is 96.1 cm³/mol. The summed E-state index contributed by atoms with van der Waals surface area (Å²) in [5.74, 6) is 1.15. The molecule has 0 saturated carbocycles. The Hall–Kier alpha value is -2.14. The number of methoxy groups -OCH3 is 1. The molecule has 0 amide bonds. The van der Waals surface area contributed by atoms with Gasteiger partial charge in [0.2, 0.25) is 11.8 Å². The van der Waals surface area contributed by atoms with Gasteiger partial charge in [-0.1, -0.05) is 30.7 Å². The molecule has 1 aromatic carbocycles. The number of rotatable bonds is 6. The van der Waals surface area contributed by atoms with Crippen LogP contribution >= 0.6 is 0 Å². The number of hydrogen-bond donors (Lipinski definition) is 1. The van der Waals surface area contributed by atoms with E-state index >= 15 is 0 Å². The summed E-state index contributed by atoms with van der Waals surface area (Å²) in [5, 5.41) is 3.23. The smallest absolute Gasteiger partial charge is 0.226 e. The molecule has 2 aromatic rings. The van der Waals surface area contributed by atoms with Gasteiger partial charge in [-0.25, -0.2) is 4.98 Å². The van der Waals surface area contributed by atoms with Crippen molar-refractivity contribution >= 4 is 5.95 Å². The first kappa shape index (κ1) is 16.7. The Kier molecular flexibility index (Phi) is 5.64. The van der Waals surface area contributed by atoms with Crippen molar-refractivity contribution in [2.75, 3.05) is 19.0 Å². The molecule has 1 fully saturated rings. The maximum Gasteiger partial charge on any atom is 0.226 e. The lowest BCUT2D eigenvalue weighted by molar-refractivity contribution is 0.152. The van der Waals surface area contributed by atoms with E-state index in [0.29, 0.717) is 24.4 Å². The highest BCUT2D eigenvalue weighted by atomic mass is 16.5. The number of hydrogen-bond acceptors (Lipinski definition) is 5. The molecule has 128 valence electrons. The Morgan fingerprint density at radius 2 is 1.96 bits per heavy atom. The van der Waals surface area contributed by atoms with Crippen molar-refractivity contribution in [3.8, 4) is 5.88 Å². The second-order valence-electron chi connectivity index (χ2n) is 6.41. The lowest BCUT2D eigenvalue weighted by Crippen LogP contribution is -2.36. The summed E-state index contributed by atoms with van der Waals surface area (Å²) in [6.45, 7) is 5.31. The number of nitrogens with one attached hydrogen (secondary N) is 1. The number of nitrogens with zero attached hydrogens (tertiary/aromatic N) is 3. The fourth-order valence-electron chi connectivity index (χ4n) is 3.11. The second kappa shape index (κ2) is 8.11. The van der Waals surface area contributed by atoms with E-state index in [9.17, 15) is 0 Å². The van der Waals surface area contributed by atoms with E-state index in [1.807, 2.05) is 0 Å². The van der Waals surface area contributed by atoms with Gasteiger partial charge in [-0.15, -0.1) is 0 Å². The molecule has 1 atom stereocenters. The lowest BCUT2D eigenvalue weighted by Gasteiger charge is -2.33. The fraction of sp³-hybridized carbons (Fsp3) is 0.474. The van der Waals surface area contributed by atoms with Crippen molar-refractivity contribution in [3.05, 3.63) is 47.7 Å². The van der Waals surface area contributed by atoms with Crippen molar-refractivity contribution in [1.82, 2.24) is 14.9 Å². The van der Waals surface area contributed by atoms with Crippen molar-refractivity contribution in [1.29, 1.82) is 0 Å². The van der Waals surface area contributed by atoms with Gasteiger partial charge in [0.25, 0.3) is 0 Å².